The van der Waals surface area contributed by atoms with Crippen molar-refractivity contribution in [3.63, 3.8) is 0 Å². The van der Waals surface area contributed by atoms with Crippen molar-refractivity contribution < 1.29 is 0 Å². The van der Waals surface area contributed by atoms with E-state index in [9.17, 15) is 0 Å². The van der Waals surface area contributed by atoms with Crippen molar-refractivity contribution in [2.24, 2.45) is 0 Å². The van der Waals surface area contributed by atoms with E-state index in [-0.39, 0.29) is 0 Å². The van der Waals surface area contributed by atoms with Gasteiger partial charge < -0.3 is 19.9 Å². The average molecular weight is 272 g/mol. The number of H-pyrrole nitrogens is 4. The molecule has 4 heterocycles. The molecule has 8 nitrogen and oxygen atoms in total. The first-order chi connectivity index (χ1) is 10.0. The molecule has 0 amide bonds. The number of hydrogen-bond donors (Lipinski definition) is 4. The normalized spacial score (nSPS) is 8.00. The van der Waals surface area contributed by atoms with Crippen LogP contribution in [0.4, 0.5) is 0 Å². The summed E-state index contributed by atoms with van der Waals surface area (Å²) in [5, 5.41) is 0. The van der Waals surface area contributed by atoms with Gasteiger partial charge in [-0.1, -0.05) is 0 Å². The van der Waals surface area contributed by atoms with Crippen LogP contribution in [0.25, 0.3) is 0 Å². The van der Waals surface area contributed by atoms with E-state index in [2.05, 4.69) is 39.9 Å². The molecule has 0 bridgehead atoms. The molecular formula is C12H16N8. The Kier molecular flexibility index (Phi) is 9.16. The molecule has 4 aromatic rings. The molecule has 4 N–H and O–H groups in total. The second-order valence-electron chi connectivity index (χ2n) is 3.04. The molecule has 0 atom stereocenters. The number of rotatable bonds is 0. The number of imidazole rings is 4. The van der Waals surface area contributed by atoms with Crippen LogP contribution in [-0.4, -0.2) is 39.9 Å². The van der Waals surface area contributed by atoms with E-state index in [0.717, 1.165) is 0 Å². The average Bonchev–Trinajstić information content (AvgIpc) is 3.40. The molecule has 0 saturated carbocycles. The summed E-state index contributed by atoms with van der Waals surface area (Å²) in [6.45, 7) is 0. The number of aromatic amines is 4. The fourth-order valence-electron chi connectivity index (χ4n) is 0.861. The van der Waals surface area contributed by atoms with Gasteiger partial charge in [0.15, 0.2) is 0 Å². The molecule has 4 aromatic heterocycles. The summed E-state index contributed by atoms with van der Waals surface area (Å²) >= 11 is 0. The Balaban J connectivity index is 0.000000133. The van der Waals surface area contributed by atoms with E-state index in [1.165, 1.54) is 0 Å². The molecule has 0 radical (unpaired) electrons. The van der Waals surface area contributed by atoms with Gasteiger partial charge in [-0.15, -0.1) is 0 Å². The van der Waals surface area contributed by atoms with Gasteiger partial charge in [0.2, 0.25) is 0 Å². The lowest BCUT2D eigenvalue weighted by atomic mass is 11.0. The molecule has 104 valence electrons. The molecule has 0 aliphatic carbocycles. The van der Waals surface area contributed by atoms with E-state index in [4.69, 9.17) is 0 Å². The maximum atomic E-state index is 3.67. The first kappa shape index (κ1) is 14.9. The summed E-state index contributed by atoms with van der Waals surface area (Å²) in [6.07, 6.45) is 20.3. The highest BCUT2D eigenvalue weighted by Gasteiger charge is 1.57. The third-order valence-electron chi connectivity index (χ3n) is 1.62. The monoisotopic (exact) mass is 272 g/mol. The zero-order chi connectivity index (χ0) is 14.1. The van der Waals surface area contributed by atoms with Crippen molar-refractivity contribution in [2.75, 3.05) is 0 Å². The van der Waals surface area contributed by atoms with Gasteiger partial charge >= 0.3 is 0 Å². The van der Waals surface area contributed by atoms with Gasteiger partial charge in [0.1, 0.15) is 0 Å². The van der Waals surface area contributed by atoms with E-state index in [1.807, 2.05) is 0 Å². The summed E-state index contributed by atoms with van der Waals surface area (Å²) in [5.74, 6) is 0. The van der Waals surface area contributed by atoms with Crippen LogP contribution in [0, 0.1) is 0 Å². The summed E-state index contributed by atoms with van der Waals surface area (Å²) in [6, 6.07) is 0. The van der Waals surface area contributed by atoms with E-state index in [1.54, 1.807) is 74.9 Å². The summed E-state index contributed by atoms with van der Waals surface area (Å²) in [5.41, 5.74) is 0. The Morgan fingerprint density at radius 1 is 0.400 bits per heavy atom. The van der Waals surface area contributed by atoms with Crippen molar-refractivity contribution in [1.82, 2.24) is 39.9 Å². The Hall–Kier alpha value is -3.16. The van der Waals surface area contributed by atoms with Crippen molar-refractivity contribution >= 4 is 0 Å². The van der Waals surface area contributed by atoms with Crippen LogP contribution in [0.15, 0.2) is 74.9 Å². The number of hydrogen-bond acceptors (Lipinski definition) is 4. The number of aromatic nitrogens is 8. The fraction of sp³-hybridized carbons (Fsp3) is 0. The van der Waals surface area contributed by atoms with E-state index in [0.29, 0.717) is 0 Å². The summed E-state index contributed by atoms with van der Waals surface area (Å²) in [4.78, 5) is 25.7. The Bertz CT molecular complexity index is 350. The maximum absolute atomic E-state index is 3.67. The lowest BCUT2D eigenvalue weighted by Crippen LogP contribution is -1.44. The highest BCUT2D eigenvalue weighted by Crippen LogP contribution is 1.64. The zero-order valence-electron chi connectivity index (χ0n) is 10.7. The summed E-state index contributed by atoms with van der Waals surface area (Å²) in [7, 11) is 0. The molecule has 0 aliphatic rings. The lowest BCUT2D eigenvalue weighted by Gasteiger charge is -1.46. The van der Waals surface area contributed by atoms with Crippen molar-refractivity contribution in [1.29, 1.82) is 0 Å². The van der Waals surface area contributed by atoms with Gasteiger partial charge in [0, 0.05) is 49.6 Å². The molecular weight excluding hydrogens is 256 g/mol. The Morgan fingerprint density at radius 3 is 0.700 bits per heavy atom. The minimum absolute atomic E-state index is 1.62. The topological polar surface area (TPSA) is 115 Å². The van der Waals surface area contributed by atoms with Crippen LogP contribution in [0.5, 0.6) is 0 Å². The van der Waals surface area contributed by atoms with Gasteiger partial charge in [0.25, 0.3) is 0 Å². The van der Waals surface area contributed by atoms with Crippen LogP contribution in [0.3, 0.4) is 0 Å². The van der Waals surface area contributed by atoms with Gasteiger partial charge in [-0.25, -0.2) is 19.9 Å². The molecule has 20 heavy (non-hydrogen) atoms. The minimum atomic E-state index is 1.62. The summed E-state index contributed by atoms with van der Waals surface area (Å²) < 4.78 is 0. The van der Waals surface area contributed by atoms with Gasteiger partial charge in [-0.05, 0) is 0 Å². The Labute approximate surface area is 115 Å². The smallest absolute Gasteiger partial charge is 0.0919 e. The highest BCUT2D eigenvalue weighted by atomic mass is 14.8. The molecule has 8 heteroatoms. The SMILES string of the molecule is c1c[nH]cn1.c1c[nH]cn1.c1c[nH]cn1.c1c[nH]cn1. The van der Waals surface area contributed by atoms with Gasteiger partial charge in [0.05, 0.1) is 25.3 Å². The van der Waals surface area contributed by atoms with E-state index >= 15 is 0 Å². The van der Waals surface area contributed by atoms with Crippen molar-refractivity contribution in [3.8, 4) is 0 Å². The molecule has 0 unspecified atom stereocenters. The highest BCUT2D eigenvalue weighted by molar-refractivity contribution is 4.66. The maximum Gasteiger partial charge on any atom is 0.0919 e. The van der Waals surface area contributed by atoms with Crippen LogP contribution < -0.4 is 0 Å². The third-order valence-corrected chi connectivity index (χ3v) is 1.62. The standard InChI is InChI=1S/4C3H4N2/c4*1-2-5-3-4-1/h4*1-3H,(H,4,5). The fourth-order valence-corrected chi connectivity index (χ4v) is 0.861. The van der Waals surface area contributed by atoms with Crippen molar-refractivity contribution in [3.05, 3.63) is 74.9 Å². The molecule has 0 aromatic carbocycles. The number of nitrogens with zero attached hydrogens (tertiary/aromatic N) is 4. The van der Waals surface area contributed by atoms with Crippen LogP contribution in [0.1, 0.15) is 0 Å². The van der Waals surface area contributed by atoms with E-state index < -0.39 is 0 Å². The molecule has 0 fully saturated rings. The van der Waals surface area contributed by atoms with Crippen molar-refractivity contribution in [2.45, 2.75) is 0 Å². The van der Waals surface area contributed by atoms with Crippen LogP contribution in [0.2, 0.25) is 0 Å². The predicted octanol–water partition coefficient (Wildman–Crippen LogP) is 1.64. The first-order valence-corrected chi connectivity index (χ1v) is 5.71. The largest absolute Gasteiger partial charge is 0.351 e. The van der Waals surface area contributed by atoms with Gasteiger partial charge in [-0.2, -0.15) is 0 Å². The first-order valence-electron chi connectivity index (χ1n) is 5.71. The minimum Gasteiger partial charge on any atom is -0.351 e. The number of nitrogens with one attached hydrogen (secondary N) is 4. The predicted molar refractivity (Wildman–Crippen MR) is 74.4 cm³/mol. The molecule has 0 spiro atoms. The van der Waals surface area contributed by atoms with Crippen LogP contribution >= 0.6 is 0 Å². The quantitative estimate of drug-likeness (QED) is 0.389. The lowest BCUT2D eigenvalue weighted by molar-refractivity contribution is 1.31. The van der Waals surface area contributed by atoms with Crippen LogP contribution in [-0.2, 0) is 0 Å². The molecule has 0 saturated heterocycles. The Morgan fingerprint density at radius 2 is 0.650 bits per heavy atom. The molecule has 4 rings (SSSR count). The molecule has 0 aliphatic heterocycles. The zero-order valence-corrected chi connectivity index (χ0v) is 10.7. The second kappa shape index (κ2) is 12.3. The third kappa shape index (κ3) is 10.0. The second-order valence-corrected chi connectivity index (χ2v) is 3.04. The van der Waals surface area contributed by atoms with Gasteiger partial charge in [-0.3, -0.25) is 0 Å².